The first-order valence-electron chi connectivity index (χ1n) is 8.21. The normalized spacial score (nSPS) is 18.6. The number of hydrogen-bond acceptors (Lipinski definition) is 4. The van der Waals surface area contributed by atoms with E-state index in [9.17, 15) is 4.79 Å². The number of hydrogen-bond donors (Lipinski definition) is 0. The Kier molecular flexibility index (Phi) is 6.41. The first-order valence-corrected chi connectivity index (χ1v) is 9.09. The van der Waals surface area contributed by atoms with E-state index in [1.807, 2.05) is 18.0 Å². The molecule has 1 aromatic heterocycles. The van der Waals surface area contributed by atoms with Gasteiger partial charge in [0.25, 0.3) is 0 Å². The Labute approximate surface area is 138 Å². The summed E-state index contributed by atoms with van der Waals surface area (Å²) in [7, 11) is 1.92. The van der Waals surface area contributed by atoms with E-state index >= 15 is 0 Å². The molecule has 1 unspecified atom stereocenters. The molecule has 1 fully saturated rings. The number of carbonyl (C=O) groups excluding carboxylic acids is 1. The summed E-state index contributed by atoms with van der Waals surface area (Å²) in [6.07, 6.45) is 0. The number of carbonyl (C=O) groups is 1. The van der Waals surface area contributed by atoms with Gasteiger partial charge in [-0.2, -0.15) is 0 Å². The topological polar surface area (TPSA) is 26.8 Å². The maximum Gasteiger partial charge on any atom is 0.237 e. The lowest BCUT2D eigenvalue weighted by atomic mass is 10.2. The van der Waals surface area contributed by atoms with Gasteiger partial charge in [-0.25, -0.2) is 0 Å². The molecule has 0 spiro atoms. The molecule has 2 rings (SSSR count). The van der Waals surface area contributed by atoms with E-state index in [0.717, 1.165) is 32.7 Å². The molecule has 1 amide bonds. The van der Waals surface area contributed by atoms with Gasteiger partial charge in [0.05, 0.1) is 12.6 Å². The molecule has 0 aromatic carbocycles. The second kappa shape index (κ2) is 8.09. The minimum atomic E-state index is 0.162. The first-order chi connectivity index (χ1) is 10.5. The summed E-state index contributed by atoms with van der Waals surface area (Å²) in [5.41, 5.74) is 0. The van der Waals surface area contributed by atoms with Crippen LogP contribution in [0.4, 0.5) is 0 Å². The average Bonchev–Trinajstić information content (AvgIpc) is 3.01. The van der Waals surface area contributed by atoms with Crippen LogP contribution in [0, 0.1) is 5.92 Å². The summed E-state index contributed by atoms with van der Waals surface area (Å²) in [4.78, 5) is 20.4. The summed E-state index contributed by atoms with van der Waals surface area (Å²) in [5, 5.41) is 2.07. The smallest absolute Gasteiger partial charge is 0.237 e. The van der Waals surface area contributed by atoms with Gasteiger partial charge in [0.2, 0.25) is 5.91 Å². The summed E-state index contributed by atoms with van der Waals surface area (Å²) >= 11 is 1.71. The van der Waals surface area contributed by atoms with E-state index < -0.39 is 0 Å². The molecule has 0 saturated carbocycles. The molecule has 1 aromatic rings. The summed E-state index contributed by atoms with van der Waals surface area (Å²) < 4.78 is 0. The number of thiophene rings is 1. The molecule has 5 heteroatoms. The number of amides is 1. The average molecular weight is 324 g/mol. The van der Waals surface area contributed by atoms with Gasteiger partial charge < -0.3 is 9.80 Å². The summed E-state index contributed by atoms with van der Waals surface area (Å²) in [5.74, 6) is 0.934. The summed E-state index contributed by atoms with van der Waals surface area (Å²) in [6.45, 7) is 12.5. The number of rotatable bonds is 6. The van der Waals surface area contributed by atoms with Gasteiger partial charge in [-0.15, -0.1) is 11.3 Å². The lowest BCUT2D eigenvalue weighted by molar-refractivity contribution is -0.133. The maximum absolute atomic E-state index is 12.5. The largest absolute Gasteiger partial charge is 0.337 e. The highest BCUT2D eigenvalue weighted by Crippen LogP contribution is 2.23. The Hall–Kier alpha value is -0.910. The highest BCUT2D eigenvalue weighted by Gasteiger charge is 2.23. The maximum atomic E-state index is 12.5. The van der Waals surface area contributed by atoms with Crippen molar-refractivity contribution in [2.45, 2.75) is 26.8 Å². The minimum Gasteiger partial charge on any atom is -0.337 e. The van der Waals surface area contributed by atoms with Crippen molar-refractivity contribution < 1.29 is 4.79 Å². The lowest BCUT2D eigenvalue weighted by Gasteiger charge is -2.36. The molecule has 0 N–H and O–H groups in total. The second-order valence-electron chi connectivity index (χ2n) is 6.67. The predicted octanol–water partition coefficient (Wildman–Crippen LogP) is 2.54. The quantitative estimate of drug-likeness (QED) is 0.805. The van der Waals surface area contributed by atoms with Crippen molar-refractivity contribution in [3.05, 3.63) is 22.4 Å². The molecule has 1 aliphatic heterocycles. The van der Waals surface area contributed by atoms with E-state index in [-0.39, 0.29) is 11.9 Å². The van der Waals surface area contributed by atoms with E-state index in [0.29, 0.717) is 12.5 Å². The Bertz CT molecular complexity index is 452. The van der Waals surface area contributed by atoms with Crippen molar-refractivity contribution in [2.24, 2.45) is 5.92 Å². The standard InChI is InChI=1S/C17H29N3OS/c1-14(2)12-19-7-9-20(10-8-19)13-17(21)18(4)15(3)16-6-5-11-22-16/h5-6,11,14-15H,7-10,12-13H2,1-4H3. The van der Waals surface area contributed by atoms with Gasteiger partial charge in [0.1, 0.15) is 0 Å². The molecule has 22 heavy (non-hydrogen) atoms. The van der Waals surface area contributed by atoms with Crippen LogP contribution in [-0.2, 0) is 4.79 Å². The Morgan fingerprint density at radius 2 is 1.86 bits per heavy atom. The third kappa shape index (κ3) is 4.80. The zero-order valence-corrected chi connectivity index (χ0v) is 15.1. The highest BCUT2D eigenvalue weighted by atomic mass is 32.1. The summed E-state index contributed by atoms with van der Waals surface area (Å²) in [6, 6.07) is 4.31. The van der Waals surface area contributed by atoms with Gasteiger partial charge in [0, 0.05) is 44.6 Å². The SMILES string of the molecule is CC(C)CN1CCN(CC(=O)N(C)C(C)c2cccs2)CC1. The number of piperazine rings is 1. The molecular weight excluding hydrogens is 294 g/mol. The molecule has 0 bridgehead atoms. The molecule has 124 valence electrons. The number of likely N-dealkylation sites (N-methyl/N-ethyl adjacent to an activating group) is 1. The van der Waals surface area contributed by atoms with Crippen molar-refractivity contribution in [3.63, 3.8) is 0 Å². The third-order valence-electron chi connectivity index (χ3n) is 4.38. The third-order valence-corrected chi connectivity index (χ3v) is 5.42. The van der Waals surface area contributed by atoms with Crippen LogP contribution in [0.5, 0.6) is 0 Å². The molecule has 2 heterocycles. The van der Waals surface area contributed by atoms with Crippen LogP contribution < -0.4 is 0 Å². The van der Waals surface area contributed by atoms with Gasteiger partial charge in [0.15, 0.2) is 0 Å². The van der Waals surface area contributed by atoms with Gasteiger partial charge in [-0.05, 0) is 24.3 Å². The van der Waals surface area contributed by atoms with Gasteiger partial charge in [-0.1, -0.05) is 19.9 Å². The fourth-order valence-corrected chi connectivity index (χ4v) is 3.71. The van der Waals surface area contributed by atoms with E-state index in [1.165, 1.54) is 4.88 Å². The van der Waals surface area contributed by atoms with E-state index in [4.69, 9.17) is 0 Å². The predicted molar refractivity (Wildman–Crippen MR) is 93.2 cm³/mol. The van der Waals surface area contributed by atoms with Crippen LogP contribution in [0.25, 0.3) is 0 Å². The molecule has 1 aliphatic rings. The highest BCUT2D eigenvalue weighted by molar-refractivity contribution is 7.10. The van der Waals surface area contributed by atoms with Crippen LogP contribution >= 0.6 is 11.3 Å². The lowest BCUT2D eigenvalue weighted by Crippen LogP contribution is -2.50. The fraction of sp³-hybridized carbons (Fsp3) is 0.706. The van der Waals surface area contributed by atoms with Crippen molar-refractivity contribution in [1.82, 2.24) is 14.7 Å². The van der Waals surface area contributed by atoms with Crippen LogP contribution in [0.3, 0.4) is 0 Å². The molecule has 1 saturated heterocycles. The zero-order valence-electron chi connectivity index (χ0n) is 14.3. The monoisotopic (exact) mass is 323 g/mol. The Balaban J connectivity index is 1.78. The first kappa shape index (κ1) is 17.4. The second-order valence-corrected chi connectivity index (χ2v) is 7.65. The van der Waals surface area contributed by atoms with Gasteiger partial charge >= 0.3 is 0 Å². The number of nitrogens with zero attached hydrogens (tertiary/aromatic N) is 3. The molecular formula is C17H29N3OS. The van der Waals surface area contributed by atoms with Crippen LogP contribution in [0.15, 0.2) is 17.5 Å². The van der Waals surface area contributed by atoms with Crippen molar-refractivity contribution in [3.8, 4) is 0 Å². The van der Waals surface area contributed by atoms with Crippen molar-refractivity contribution in [1.29, 1.82) is 0 Å². The molecule has 4 nitrogen and oxygen atoms in total. The van der Waals surface area contributed by atoms with Crippen molar-refractivity contribution in [2.75, 3.05) is 46.3 Å². The minimum absolute atomic E-state index is 0.162. The van der Waals surface area contributed by atoms with Crippen LogP contribution in [0.1, 0.15) is 31.7 Å². The molecule has 1 atom stereocenters. The van der Waals surface area contributed by atoms with E-state index in [2.05, 4.69) is 42.0 Å². The van der Waals surface area contributed by atoms with E-state index in [1.54, 1.807) is 11.3 Å². The Morgan fingerprint density at radius 3 is 2.41 bits per heavy atom. The fourth-order valence-electron chi connectivity index (χ4n) is 2.89. The van der Waals surface area contributed by atoms with Crippen molar-refractivity contribution >= 4 is 17.2 Å². The Morgan fingerprint density at radius 1 is 1.23 bits per heavy atom. The zero-order chi connectivity index (χ0) is 16.1. The van der Waals surface area contributed by atoms with Crippen LogP contribution in [0.2, 0.25) is 0 Å². The molecule has 0 aliphatic carbocycles. The molecule has 0 radical (unpaired) electrons. The van der Waals surface area contributed by atoms with Gasteiger partial charge in [-0.3, -0.25) is 9.69 Å². The van der Waals surface area contributed by atoms with Crippen LogP contribution in [-0.4, -0.2) is 66.9 Å².